The molecule has 0 radical (unpaired) electrons. The molecule has 136 valence electrons. The van der Waals surface area contributed by atoms with E-state index in [2.05, 4.69) is 98.5 Å². The minimum absolute atomic E-state index is 0.910. The van der Waals surface area contributed by atoms with Gasteiger partial charge in [0, 0.05) is 16.9 Å². The lowest BCUT2D eigenvalue weighted by molar-refractivity contribution is 1.11. The van der Waals surface area contributed by atoms with Crippen LogP contribution in [0.2, 0.25) is 0 Å². The molecule has 1 aliphatic rings. The fraction of sp³-hybridized carbons (Fsp3) is 0.111. The summed E-state index contributed by atoms with van der Waals surface area (Å²) in [5.41, 5.74) is 11.3. The second-order valence-electron chi connectivity index (χ2n) is 7.51. The van der Waals surface area contributed by atoms with Gasteiger partial charge in [0.15, 0.2) is 0 Å². The first-order chi connectivity index (χ1) is 13.7. The SMILES string of the molecule is C=C(CC)Nc1c(C)cccc1-c1ccc2c3c(cccc13)-c1ccccc1-2. The van der Waals surface area contributed by atoms with Crippen LogP contribution < -0.4 is 5.32 Å². The van der Waals surface area contributed by atoms with Crippen LogP contribution in [0.15, 0.2) is 85.1 Å². The summed E-state index contributed by atoms with van der Waals surface area (Å²) >= 11 is 0. The van der Waals surface area contributed by atoms with E-state index in [1.54, 1.807) is 0 Å². The van der Waals surface area contributed by atoms with E-state index in [1.165, 1.54) is 49.7 Å². The summed E-state index contributed by atoms with van der Waals surface area (Å²) in [7, 11) is 0. The van der Waals surface area contributed by atoms with Crippen LogP contribution in [0.5, 0.6) is 0 Å². The standard InChI is InChI=1S/C27H23N/c1-4-18(3)28-27-17(2)9-7-14-25(27)21-15-16-24-20-11-6-5-10-19(20)22-12-8-13-23(21)26(22)24/h5-16,28H,3-4H2,1-2H3. The van der Waals surface area contributed by atoms with E-state index in [0.29, 0.717) is 0 Å². The number of benzene rings is 4. The maximum absolute atomic E-state index is 4.16. The van der Waals surface area contributed by atoms with Gasteiger partial charge in [-0.1, -0.05) is 86.3 Å². The summed E-state index contributed by atoms with van der Waals surface area (Å²) in [4.78, 5) is 0. The number of hydrogen-bond donors (Lipinski definition) is 1. The second-order valence-corrected chi connectivity index (χ2v) is 7.51. The van der Waals surface area contributed by atoms with Crippen LogP contribution in [0.3, 0.4) is 0 Å². The van der Waals surface area contributed by atoms with Crippen LogP contribution in [-0.2, 0) is 0 Å². The number of para-hydroxylation sites is 1. The molecular formula is C27H23N. The Labute approximate surface area is 166 Å². The molecule has 28 heavy (non-hydrogen) atoms. The largest absolute Gasteiger partial charge is 0.359 e. The summed E-state index contributed by atoms with van der Waals surface area (Å²) in [6, 6.07) is 26.5. The molecule has 0 atom stereocenters. The van der Waals surface area contributed by atoms with Crippen molar-refractivity contribution in [2.75, 3.05) is 5.32 Å². The molecule has 0 bridgehead atoms. The molecule has 4 aromatic carbocycles. The molecule has 1 nitrogen and oxygen atoms in total. The van der Waals surface area contributed by atoms with Crippen molar-refractivity contribution in [3.05, 3.63) is 90.6 Å². The normalized spacial score (nSPS) is 11.5. The van der Waals surface area contributed by atoms with Gasteiger partial charge in [0.25, 0.3) is 0 Å². The maximum atomic E-state index is 4.16. The Kier molecular flexibility index (Phi) is 3.84. The summed E-state index contributed by atoms with van der Waals surface area (Å²) in [6.07, 6.45) is 0.910. The average Bonchev–Trinajstić information content (AvgIpc) is 3.06. The number of rotatable bonds is 4. The predicted molar refractivity (Wildman–Crippen MR) is 122 cm³/mol. The molecule has 0 spiro atoms. The van der Waals surface area contributed by atoms with Crippen LogP contribution in [0, 0.1) is 6.92 Å². The third-order valence-electron chi connectivity index (χ3n) is 5.84. The van der Waals surface area contributed by atoms with Crippen molar-refractivity contribution in [1.82, 2.24) is 0 Å². The fourth-order valence-electron chi connectivity index (χ4n) is 4.37. The quantitative estimate of drug-likeness (QED) is 0.344. The summed E-state index contributed by atoms with van der Waals surface area (Å²) in [5, 5.41) is 6.23. The van der Waals surface area contributed by atoms with Gasteiger partial charge in [0.05, 0.1) is 0 Å². The highest BCUT2D eigenvalue weighted by Gasteiger charge is 2.22. The lowest BCUT2D eigenvalue weighted by Gasteiger charge is -2.18. The smallest absolute Gasteiger partial charge is 0.0491 e. The first-order valence-electron chi connectivity index (χ1n) is 9.89. The van der Waals surface area contributed by atoms with Crippen molar-refractivity contribution in [1.29, 1.82) is 0 Å². The lowest BCUT2D eigenvalue weighted by Crippen LogP contribution is -2.01. The maximum Gasteiger partial charge on any atom is 0.0491 e. The minimum atomic E-state index is 0.910. The van der Waals surface area contributed by atoms with E-state index >= 15 is 0 Å². The Hall–Kier alpha value is -3.32. The molecule has 1 heteroatoms. The van der Waals surface area contributed by atoms with Crippen LogP contribution in [-0.4, -0.2) is 0 Å². The van der Waals surface area contributed by atoms with E-state index in [1.807, 2.05) is 0 Å². The van der Waals surface area contributed by atoms with E-state index < -0.39 is 0 Å². The van der Waals surface area contributed by atoms with E-state index in [0.717, 1.165) is 17.8 Å². The Balaban J connectivity index is 1.79. The number of nitrogens with one attached hydrogen (secondary N) is 1. The molecule has 1 aliphatic carbocycles. The van der Waals surface area contributed by atoms with Gasteiger partial charge in [-0.05, 0) is 57.5 Å². The molecule has 0 aliphatic heterocycles. The monoisotopic (exact) mass is 361 g/mol. The molecule has 1 N–H and O–H groups in total. The van der Waals surface area contributed by atoms with Gasteiger partial charge in [-0.15, -0.1) is 0 Å². The van der Waals surface area contributed by atoms with Crippen molar-refractivity contribution < 1.29 is 0 Å². The number of hydrogen-bond acceptors (Lipinski definition) is 1. The van der Waals surface area contributed by atoms with E-state index in [9.17, 15) is 0 Å². The van der Waals surface area contributed by atoms with Gasteiger partial charge in [-0.3, -0.25) is 0 Å². The van der Waals surface area contributed by atoms with Crippen molar-refractivity contribution >= 4 is 16.5 Å². The molecule has 0 amide bonds. The van der Waals surface area contributed by atoms with Gasteiger partial charge in [0.1, 0.15) is 0 Å². The Morgan fingerprint density at radius 3 is 2.07 bits per heavy atom. The highest BCUT2D eigenvalue weighted by Crippen LogP contribution is 2.49. The molecular weight excluding hydrogens is 338 g/mol. The van der Waals surface area contributed by atoms with Gasteiger partial charge < -0.3 is 5.32 Å². The number of allylic oxidation sites excluding steroid dienone is 1. The van der Waals surface area contributed by atoms with Gasteiger partial charge in [-0.25, -0.2) is 0 Å². The van der Waals surface area contributed by atoms with Crippen molar-refractivity contribution in [2.45, 2.75) is 20.3 Å². The van der Waals surface area contributed by atoms with Crippen molar-refractivity contribution in [3.8, 4) is 33.4 Å². The molecule has 4 aromatic rings. The molecule has 5 rings (SSSR count). The molecule has 0 unspecified atom stereocenters. The molecule has 0 aromatic heterocycles. The highest BCUT2D eigenvalue weighted by atomic mass is 14.9. The number of aryl methyl sites for hydroxylation is 1. The zero-order valence-electron chi connectivity index (χ0n) is 16.3. The van der Waals surface area contributed by atoms with Crippen LogP contribution in [0.1, 0.15) is 18.9 Å². The van der Waals surface area contributed by atoms with Crippen LogP contribution >= 0.6 is 0 Å². The molecule has 0 fully saturated rings. The van der Waals surface area contributed by atoms with Gasteiger partial charge in [-0.2, -0.15) is 0 Å². The van der Waals surface area contributed by atoms with Gasteiger partial charge in [0.2, 0.25) is 0 Å². The lowest BCUT2D eigenvalue weighted by atomic mass is 9.92. The number of fused-ring (bicyclic) bond motifs is 3. The predicted octanol–water partition coefficient (Wildman–Crippen LogP) is 7.80. The number of anilines is 1. The zero-order valence-corrected chi connectivity index (χ0v) is 16.3. The Morgan fingerprint density at radius 2 is 1.32 bits per heavy atom. The molecule has 0 heterocycles. The topological polar surface area (TPSA) is 12.0 Å². The molecule has 0 saturated heterocycles. The first kappa shape index (κ1) is 16.8. The summed E-state index contributed by atoms with van der Waals surface area (Å²) < 4.78 is 0. The third kappa shape index (κ3) is 2.40. The third-order valence-corrected chi connectivity index (χ3v) is 5.84. The highest BCUT2D eigenvalue weighted by molar-refractivity contribution is 6.19. The van der Waals surface area contributed by atoms with Crippen LogP contribution in [0.25, 0.3) is 44.2 Å². The summed E-state index contributed by atoms with van der Waals surface area (Å²) in [5.74, 6) is 0. The van der Waals surface area contributed by atoms with Gasteiger partial charge >= 0.3 is 0 Å². The van der Waals surface area contributed by atoms with E-state index in [-0.39, 0.29) is 0 Å². The average molecular weight is 361 g/mol. The minimum Gasteiger partial charge on any atom is -0.359 e. The van der Waals surface area contributed by atoms with Crippen molar-refractivity contribution in [3.63, 3.8) is 0 Å². The zero-order chi connectivity index (χ0) is 19.3. The Morgan fingerprint density at radius 1 is 0.714 bits per heavy atom. The second kappa shape index (κ2) is 6.38. The fourth-order valence-corrected chi connectivity index (χ4v) is 4.37. The van der Waals surface area contributed by atoms with E-state index in [4.69, 9.17) is 0 Å². The van der Waals surface area contributed by atoms with Crippen molar-refractivity contribution in [2.24, 2.45) is 0 Å². The van der Waals surface area contributed by atoms with Crippen LogP contribution in [0.4, 0.5) is 5.69 Å². The first-order valence-corrected chi connectivity index (χ1v) is 9.89. The Bertz CT molecular complexity index is 1220. The summed E-state index contributed by atoms with van der Waals surface area (Å²) in [6.45, 7) is 8.45. The molecule has 0 saturated carbocycles.